The van der Waals surface area contributed by atoms with Crippen molar-refractivity contribution in [1.82, 2.24) is 19.0 Å². The summed E-state index contributed by atoms with van der Waals surface area (Å²) in [5.74, 6) is -0.961. The van der Waals surface area contributed by atoms with E-state index >= 15 is 0 Å². The molecule has 150 valence electrons. The molecule has 1 aliphatic rings. The number of aromatic nitrogens is 2. The molecule has 0 aliphatic carbocycles. The standard InChI is InChI=1S/C19H23FN4O3S/c1-14-16(15(2)22(3)21-14)8-9-19(25)23-10-12-24(13-11-23)28(26,27)18-7-5-4-6-17(18)20/h4-9H,10-13H2,1-3H3. The van der Waals surface area contributed by atoms with E-state index in [0.29, 0.717) is 0 Å². The van der Waals surface area contributed by atoms with E-state index in [1.807, 2.05) is 20.9 Å². The van der Waals surface area contributed by atoms with Crippen LogP contribution in [0.5, 0.6) is 0 Å². The Morgan fingerprint density at radius 1 is 1.14 bits per heavy atom. The molecule has 0 atom stereocenters. The first-order valence-electron chi connectivity index (χ1n) is 8.93. The molecule has 3 rings (SSSR count). The highest BCUT2D eigenvalue weighted by Crippen LogP contribution is 2.20. The zero-order valence-electron chi connectivity index (χ0n) is 16.1. The van der Waals surface area contributed by atoms with Crippen molar-refractivity contribution in [2.24, 2.45) is 7.05 Å². The van der Waals surface area contributed by atoms with Gasteiger partial charge < -0.3 is 4.90 Å². The molecule has 7 nitrogen and oxygen atoms in total. The topological polar surface area (TPSA) is 75.5 Å². The van der Waals surface area contributed by atoms with E-state index in [-0.39, 0.29) is 37.0 Å². The lowest BCUT2D eigenvalue weighted by molar-refractivity contribution is -0.127. The number of carbonyl (C=O) groups excluding carboxylic acids is 1. The smallest absolute Gasteiger partial charge is 0.246 e. The fourth-order valence-electron chi connectivity index (χ4n) is 3.23. The van der Waals surface area contributed by atoms with Crippen LogP contribution >= 0.6 is 0 Å². The van der Waals surface area contributed by atoms with Crippen molar-refractivity contribution in [2.75, 3.05) is 26.2 Å². The molecule has 1 aromatic heterocycles. The minimum absolute atomic E-state index is 0.126. The molecule has 0 N–H and O–H groups in total. The Hall–Kier alpha value is -2.52. The Kier molecular flexibility index (Phi) is 5.66. The summed E-state index contributed by atoms with van der Waals surface area (Å²) >= 11 is 0. The van der Waals surface area contributed by atoms with Crippen LogP contribution in [-0.4, -0.2) is 59.5 Å². The van der Waals surface area contributed by atoms with E-state index in [2.05, 4.69) is 5.10 Å². The van der Waals surface area contributed by atoms with Gasteiger partial charge in [0.2, 0.25) is 15.9 Å². The molecule has 1 fully saturated rings. The molecule has 0 saturated carbocycles. The van der Waals surface area contributed by atoms with Crippen LogP contribution in [0.1, 0.15) is 17.0 Å². The number of rotatable bonds is 4. The van der Waals surface area contributed by atoms with Gasteiger partial charge in [-0.1, -0.05) is 12.1 Å². The molecule has 0 unspecified atom stereocenters. The van der Waals surface area contributed by atoms with Crippen LogP contribution in [0.25, 0.3) is 6.08 Å². The van der Waals surface area contributed by atoms with Gasteiger partial charge in [-0.3, -0.25) is 9.48 Å². The van der Waals surface area contributed by atoms with Gasteiger partial charge in [-0.05, 0) is 32.1 Å². The number of hydrogen-bond donors (Lipinski definition) is 0. The van der Waals surface area contributed by atoms with E-state index in [1.165, 1.54) is 28.6 Å². The number of aryl methyl sites for hydroxylation is 2. The quantitative estimate of drug-likeness (QED) is 0.725. The highest BCUT2D eigenvalue weighted by molar-refractivity contribution is 7.89. The molecule has 28 heavy (non-hydrogen) atoms. The molecule has 2 heterocycles. The van der Waals surface area contributed by atoms with E-state index in [1.54, 1.807) is 15.7 Å². The van der Waals surface area contributed by atoms with Gasteiger partial charge in [0.05, 0.1) is 5.69 Å². The number of benzene rings is 1. The number of halogens is 1. The summed E-state index contributed by atoms with van der Waals surface area (Å²) in [7, 11) is -2.07. The SMILES string of the molecule is Cc1nn(C)c(C)c1C=CC(=O)N1CCN(S(=O)(=O)c2ccccc2F)CC1. The first-order chi connectivity index (χ1) is 13.2. The van der Waals surface area contributed by atoms with E-state index < -0.39 is 15.8 Å². The van der Waals surface area contributed by atoms with Crippen LogP contribution in [0.4, 0.5) is 4.39 Å². The van der Waals surface area contributed by atoms with Gasteiger partial charge in [-0.15, -0.1) is 0 Å². The van der Waals surface area contributed by atoms with Crippen LogP contribution in [0.15, 0.2) is 35.2 Å². The Bertz CT molecular complexity index is 1020. The van der Waals surface area contributed by atoms with Crippen LogP contribution in [0.3, 0.4) is 0 Å². The van der Waals surface area contributed by atoms with Crippen LogP contribution in [0.2, 0.25) is 0 Å². The van der Waals surface area contributed by atoms with Crippen molar-refractivity contribution >= 4 is 22.0 Å². The van der Waals surface area contributed by atoms with Crippen molar-refractivity contribution in [2.45, 2.75) is 18.7 Å². The summed E-state index contributed by atoms with van der Waals surface area (Å²) in [6.45, 7) is 4.56. The van der Waals surface area contributed by atoms with Gasteiger partial charge in [-0.25, -0.2) is 12.8 Å². The van der Waals surface area contributed by atoms with Crippen molar-refractivity contribution in [3.63, 3.8) is 0 Å². The number of piperazine rings is 1. The molecule has 9 heteroatoms. The normalized spacial score (nSPS) is 16.1. The second-order valence-electron chi connectivity index (χ2n) is 6.70. The first-order valence-corrected chi connectivity index (χ1v) is 10.4. The van der Waals surface area contributed by atoms with Gasteiger partial charge in [0.15, 0.2) is 0 Å². The molecule has 1 amide bonds. The second kappa shape index (κ2) is 7.84. The lowest BCUT2D eigenvalue weighted by Gasteiger charge is -2.33. The fraction of sp³-hybridized carbons (Fsp3) is 0.368. The molecule has 1 aromatic carbocycles. The third-order valence-corrected chi connectivity index (χ3v) is 6.89. The maximum absolute atomic E-state index is 13.9. The average molecular weight is 406 g/mol. The lowest BCUT2D eigenvalue weighted by atomic mass is 10.2. The summed E-state index contributed by atoms with van der Waals surface area (Å²) in [5, 5.41) is 4.31. The van der Waals surface area contributed by atoms with E-state index in [4.69, 9.17) is 0 Å². The largest absolute Gasteiger partial charge is 0.337 e. The molecular formula is C19H23FN4O3S. The van der Waals surface area contributed by atoms with Gasteiger partial charge in [0.1, 0.15) is 10.7 Å². The van der Waals surface area contributed by atoms with Crippen molar-refractivity contribution in [1.29, 1.82) is 0 Å². The average Bonchev–Trinajstić information content (AvgIpc) is 2.91. The van der Waals surface area contributed by atoms with Crippen molar-refractivity contribution in [3.8, 4) is 0 Å². The summed E-state index contributed by atoms with van der Waals surface area (Å²) in [6, 6.07) is 5.31. The van der Waals surface area contributed by atoms with E-state index in [9.17, 15) is 17.6 Å². The summed E-state index contributed by atoms with van der Waals surface area (Å²) < 4.78 is 42.1. The van der Waals surface area contributed by atoms with Gasteiger partial charge >= 0.3 is 0 Å². The van der Waals surface area contributed by atoms with E-state index in [0.717, 1.165) is 23.0 Å². The summed E-state index contributed by atoms with van der Waals surface area (Å²) in [6.07, 6.45) is 3.22. The Morgan fingerprint density at radius 3 is 2.36 bits per heavy atom. The lowest BCUT2D eigenvalue weighted by Crippen LogP contribution is -2.50. The molecule has 0 bridgehead atoms. The van der Waals surface area contributed by atoms with Crippen molar-refractivity contribution < 1.29 is 17.6 Å². The zero-order chi connectivity index (χ0) is 20.5. The molecular weight excluding hydrogens is 383 g/mol. The first kappa shape index (κ1) is 20.2. The summed E-state index contributed by atoms with van der Waals surface area (Å²) in [4.78, 5) is 13.7. The predicted molar refractivity (Wildman–Crippen MR) is 103 cm³/mol. The molecule has 1 saturated heterocycles. The van der Waals surface area contributed by atoms with Gasteiger partial charge in [0.25, 0.3) is 0 Å². The number of carbonyl (C=O) groups is 1. The Balaban J connectivity index is 1.66. The molecule has 0 radical (unpaired) electrons. The number of nitrogens with zero attached hydrogens (tertiary/aromatic N) is 4. The minimum atomic E-state index is -3.91. The Morgan fingerprint density at radius 2 is 1.79 bits per heavy atom. The third-order valence-electron chi connectivity index (χ3n) is 4.96. The number of amides is 1. The number of hydrogen-bond acceptors (Lipinski definition) is 4. The van der Waals surface area contributed by atoms with Gasteiger partial charge in [0, 0.05) is 50.6 Å². The second-order valence-corrected chi connectivity index (χ2v) is 8.61. The molecule has 1 aliphatic heterocycles. The fourth-order valence-corrected chi connectivity index (χ4v) is 4.72. The zero-order valence-corrected chi connectivity index (χ0v) is 16.9. The summed E-state index contributed by atoms with van der Waals surface area (Å²) in [5.41, 5.74) is 2.70. The predicted octanol–water partition coefficient (Wildman–Crippen LogP) is 1.72. The number of sulfonamides is 1. The van der Waals surface area contributed by atoms with Gasteiger partial charge in [-0.2, -0.15) is 9.40 Å². The maximum atomic E-state index is 13.9. The van der Waals surface area contributed by atoms with Crippen LogP contribution < -0.4 is 0 Å². The minimum Gasteiger partial charge on any atom is -0.337 e. The third kappa shape index (κ3) is 3.85. The Labute approximate surface area is 164 Å². The van der Waals surface area contributed by atoms with Crippen LogP contribution in [-0.2, 0) is 21.9 Å². The molecule has 0 spiro atoms. The highest BCUT2D eigenvalue weighted by atomic mass is 32.2. The molecule has 2 aromatic rings. The van der Waals surface area contributed by atoms with Crippen molar-refractivity contribution in [3.05, 3.63) is 53.1 Å². The maximum Gasteiger partial charge on any atom is 0.246 e. The monoisotopic (exact) mass is 406 g/mol. The highest BCUT2D eigenvalue weighted by Gasteiger charge is 2.31. The van der Waals surface area contributed by atoms with Crippen LogP contribution in [0, 0.1) is 19.7 Å².